The van der Waals surface area contributed by atoms with Crippen LogP contribution in [0.25, 0.3) is 11.5 Å². The predicted octanol–water partition coefficient (Wildman–Crippen LogP) is 2.41. The van der Waals surface area contributed by atoms with Crippen LogP contribution in [-0.4, -0.2) is 38.9 Å². The molecule has 1 spiro atoms. The van der Waals surface area contributed by atoms with Gasteiger partial charge in [0, 0.05) is 11.3 Å². The largest absolute Gasteiger partial charge is 0.444 e. The van der Waals surface area contributed by atoms with Gasteiger partial charge in [0.15, 0.2) is 0 Å². The van der Waals surface area contributed by atoms with Crippen LogP contribution in [0.5, 0.6) is 0 Å². The Hall–Kier alpha value is -2.35. The second kappa shape index (κ2) is 5.62. The first-order chi connectivity index (χ1) is 11.6. The van der Waals surface area contributed by atoms with Crippen molar-refractivity contribution in [3.05, 3.63) is 42.0 Å². The number of hydrogen-bond acceptors (Lipinski definition) is 5. The van der Waals surface area contributed by atoms with E-state index in [1.54, 1.807) is 23.9 Å². The quantitative estimate of drug-likeness (QED) is 0.863. The number of rotatable bonds is 3. The van der Waals surface area contributed by atoms with Gasteiger partial charge in [0.2, 0.25) is 5.89 Å². The van der Waals surface area contributed by atoms with Crippen molar-refractivity contribution in [3.63, 3.8) is 0 Å². The smallest absolute Gasteiger partial charge is 0.325 e. The van der Waals surface area contributed by atoms with Gasteiger partial charge in [-0.25, -0.2) is 14.2 Å². The maximum Gasteiger partial charge on any atom is 0.325 e. The number of carbonyl (C=O) groups is 2. The van der Waals surface area contributed by atoms with E-state index >= 15 is 0 Å². The van der Waals surface area contributed by atoms with Crippen molar-refractivity contribution < 1.29 is 18.4 Å². The average Bonchev–Trinajstić information content (AvgIpc) is 3.26. The summed E-state index contributed by atoms with van der Waals surface area (Å²) in [5.41, 5.74) is 0.180. The maximum atomic E-state index is 13.3. The molecule has 1 atom stereocenters. The lowest BCUT2D eigenvalue weighted by atomic mass is 9.99. The first-order valence-corrected chi connectivity index (χ1v) is 8.65. The molecule has 2 aliphatic heterocycles. The standard InChI is InChI=1S/C16H14FN3O3S/c17-11-3-1-2-10(6-11)13-18-12(8-23-13)7-20-14(21)16(19-15(20)22)4-5-24-9-16/h1-3,6,8H,4-5,7,9H2,(H,19,22). The minimum absolute atomic E-state index is 0.0376. The van der Waals surface area contributed by atoms with Crippen molar-refractivity contribution in [1.82, 2.24) is 15.2 Å². The third-order valence-electron chi connectivity index (χ3n) is 4.21. The fourth-order valence-electron chi connectivity index (χ4n) is 2.95. The van der Waals surface area contributed by atoms with Gasteiger partial charge in [-0.15, -0.1) is 0 Å². The van der Waals surface area contributed by atoms with Crippen molar-refractivity contribution in [2.75, 3.05) is 11.5 Å². The molecule has 3 amide bonds. The Morgan fingerprint density at radius 2 is 2.29 bits per heavy atom. The van der Waals surface area contributed by atoms with Crippen LogP contribution in [-0.2, 0) is 11.3 Å². The first kappa shape index (κ1) is 15.2. The normalized spacial score (nSPS) is 23.3. The fourth-order valence-corrected chi connectivity index (χ4v) is 4.27. The highest BCUT2D eigenvalue weighted by atomic mass is 32.2. The summed E-state index contributed by atoms with van der Waals surface area (Å²) in [5.74, 6) is 1.10. The molecule has 2 aliphatic rings. The van der Waals surface area contributed by atoms with E-state index in [2.05, 4.69) is 10.3 Å². The maximum absolute atomic E-state index is 13.3. The Labute approximate surface area is 141 Å². The lowest BCUT2D eigenvalue weighted by molar-refractivity contribution is -0.130. The lowest BCUT2D eigenvalue weighted by Gasteiger charge is -2.18. The van der Waals surface area contributed by atoms with Crippen LogP contribution in [0.15, 0.2) is 34.9 Å². The zero-order valence-corrected chi connectivity index (χ0v) is 13.4. The highest BCUT2D eigenvalue weighted by Crippen LogP contribution is 2.34. The van der Waals surface area contributed by atoms with E-state index < -0.39 is 11.6 Å². The number of nitrogens with zero attached hydrogens (tertiary/aromatic N) is 2. The van der Waals surface area contributed by atoms with Gasteiger partial charge >= 0.3 is 6.03 Å². The number of imide groups is 1. The summed E-state index contributed by atoms with van der Waals surface area (Å²) in [6.45, 7) is 0.0376. The zero-order valence-electron chi connectivity index (χ0n) is 12.6. The topological polar surface area (TPSA) is 75.4 Å². The Morgan fingerprint density at radius 1 is 1.42 bits per heavy atom. The molecule has 1 unspecified atom stereocenters. The second-order valence-electron chi connectivity index (χ2n) is 5.86. The van der Waals surface area contributed by atoms with Gasteiger partial charge in [0.25, 0.3) is 5.91 Å². The number of benzene rings is 1. The van der Waals surface area contributed by atoms with Crippen molar-refractivity contribution >= 4 is 23.7 Å². The summed E-state index contributed by atoms with van der Waals surface area (Å²) in [6, 6.07) is 5.48. The minimum Gasteiger partial charge on any atom is -0.444 e. The highest BCUT2D eigenvalue weighted by molar-refractivity contribution is 7.99. The van der Waals surface area contributed by atoms with Crippen LogP contribution in [0.4, 0.5) is 9.18 Å². The number of aromatic nitrogens is 1. The molecular weight excluding hydrogens is 333 g/mol. The molecule has 0 radical (unpaired) electrons. The van der Waals surface area contributed by atoms with E-state index in [9.17, 15) is 14.0 Å². The van der Waals surface area contributed by atoms with Gasteiger partial charge in [-0.2, -0.15) is 11.8 Å². The third-order valence-corrected chi connectivity index (χ3v) is 5.40. The molecule has 0 aliphatic carbocycles. The van der Waals surface area contributed by atoms with Crippen LogP contribution in [0.1, 0.15) is 12.1 Å². The highest BCUT2D eigenvalue weighted by Gasteiger charge is 2.52. The van der Waals surface area contributed by atoms with Gasteiger partial charge < -0.3 is 9.73 Å². The number of hydrogen-bond donors (Lipinski definition) is 1. The zero-order chi connectivity index (χ0) is 16.7. The SMILES string of the molecule is O=C1NC2(CCSC2)C(=O)N1Cc1coc(-c2cccc(F)c2)n1. The Morgan fingerprint density at radius 3 is 3.04 bits per heavy atom. The van der Waals surface area contributed by atoms with Gasteiger partial charge in [-0.05, 0) is 30.4 Å². The average molecular weight is 347 g/mol. The predicted molar refractivity (Wildman–Crippen MR) is 85.7 cm³/mol. The van der Waals surface area contributed by atoms with Crippen LogP contribution in [0.3, 0.4) is 0 Å². The number of oxazole rings is 1. The monoisotopic (exact) mass is 347 g/mol. The molecule has 6 nitrogen and oxygen atoms in total. The van der Waals surface area contributed by atoms with Crippen LogP contribution < -0.4 is 5.32 Å². The fraction of sp³-hybridized carbons (Fsp3) is 0.312. The second-order valence-corrected chi connectivity index (χ2v) is 6.97. The van der Waals surface area contributed by atoms with Crippen LogP contribution >= 0.6 is 11.8 Å². The Kier molecular flexibility index (Phi) is 3.56. The van der Waals surface area contributed by atoms with E-state index in [1.165, 1.54) is 23.3 Å². The number of thioether (sulfide) groups is 1. The molecule has 2 saturated heterocycles. The molecule has 1 N–H and O–H groups in total. The summed E-state index contributed by atoms with van der Waals surface area (Å²) in [7, 11) is 0. The number of nitrogens with one attached hydrogen (secondary N) is 1. The van der Waals surface area contributed by atoms with Gasteiger partial charge in [-0.3, -0.25) is 9.69 Å². The first-order valence-electron chi connectivity index (χ1n) is 7.50. The molecular formula is C16H14FN3O3S. The molecule has 124 valence electrons. The third kappa shape index (κ3) is 2.47. The molecule has 4 rings (SSSR count). The molecule has 3 heterocycles. The Balaban J connectivity index is 1.54. The van der Waals surface area contributed by atoms with E-state index in [-0.39, 0.29) is 24.2 Å². The van der Waals surface area contributed by atoms with E-state index in [1.807, 2.05) is 0 Å². The van der Waals surface area contributed by atoms with Crippen LogP contribution in [0, 0.1) is 5.82 Å². The molecule has 8 heteroatoms. The molecule has 2 aromatic rings. The van der Waals surface area contributed by atoms with E-state index in [0.29, 0.717) is 23.4 Å². The summed E-state index contributed by atoms with van der Waals surface area (Å²) in [4.78, 5) is 30.2. The molecule has 2 fully saturated rings. The number of urea groups is 1. The van der Waals surface area contributed by atoms with Crippen molar-refractivity contribution in [2.45, 2.75) is 18.5 Å². The summed E-state index contributed by atoms with van der Waals surface area (Å²) in [6.07, 6.45) is 2.03. The summed E-state index contributed by atoms with van der Waals surface area (Å²) in [5, 5.41) is 2.80. The van der Waals surface area contributed by atoms with Gasteiger partial charge in [-0.1, -0.05) is 6.07 Å². The molecule has 1 aromatic heterocycles. The van der Waals surface area contributed by atoms with Gasteiger partial charge in [0.05, 0.1) is 12.2 Å². The number of carbonyl (C=O) groups excluding carboxylic acids is 2. The molecule has 1 aromatic carbocycles. The van der Waals surface area contributed by atoms with Crippen molar-refractivity contribution in [1.29, 1.82) is 0 Å². The minimum atomic E-state index is -0.767. The molecule has 0 bridgehead atoms. The Bertz CT molecular complexity index is 816. The summed E-state index contributed by atoms with van der Waals surface area (Å²) < 4.78 is 18.6. The van der Waals surface area contributed by atoms with Gasteiger partial charge in [0.1, 0.15) is 17.6 Å². The van der Waals surface area contributed by atoms with Crippen LogP contribution in [0.2, 0.25) is 0 Å². The number of halogens is 1. The number of amides is 3. The van der Waals surface area contributed by atoms with E-state index in [0.717, 1.165) is 5.75 Å². The van der Waals surface area contributed by atoms with Crippen molar-refractivity contribution in [3.8, 4) is 11.5 Å². The van der Waals surface area contributed by atoms with Crippen molar-refractivity contribution in [2.24, 2.45) is 0 Å². The lowest BCUT2D eigenvalue weighted by Crippen LogP contribution is -2.46. The molecule has 0 saturated carbocycles. The molecule has 24 heavy (non-hydrogen) atoms. The van der Waals surface area contributed by atoms with E-state index in [4.69, 9.17) is 4.42 Å². The summed E-state index contributed by atoms with van der Waals surface area (Å²) >= 11 is 1.66.